The van der Waals surface area contributed by atoms with Gasteiger partial charge in [-0.25, -0.2) is 4.98 Å². The number of hydrogen-bond donors (Lipinski definition) is 6. The number of ether oxygens (including phenoxy) is 1. The first-order valence-electron chi connectivity index (χ1n) is 8.41. The summed E-state index contributed by atoms with van der Waals surface area (Å²) in [5.74, 6) is -0.147. The molecule has 8 nitrogen and oxygen atoms in total. The van der Waals surface area contributed by atoms with E-state index >= 15 is 0 Å². The number of aromatic hydroxyl groups is 1. The third-order valence-corrected chi connectivity index (χ3v) is 6.96. The second kappa shape index (κ2) is 9.71. The molecular weight excluding hydrogens is 461 g/mol. The molecule has 5 atom stereocenters. The highest BCUT2D eigenvalue weighted by Crippen LogP contribution is 2.36. The van der Waals surface area contributed by atoms with Gasteiger partial charge in [-0.15, -0.1) is 11.3 Å². The zero-order chi connectivity index (χ0) is 21.1. The number of aliphatic hydroxyl groups excluding tert-OH is 3. The molecule has 12 heteroatoms. The molecular formula is C17H19Cl2N3O5S2. The van der Waals surface area contributed by atoms with E-state index in [0.29, 0.717) is 19.9 Å². The zero-order valence-corrected chi connectivity index (χ0v) is 17.9. The summed E-state index contributed by atoms with van der Waals surface area (Å²) in [6, 6.07) is 4.11. The molecule has 1 aromatic carbocycles. The molecule has 1 aromatic heterocycles. The van der Waals surface area contributed by atoms with Crippen LogP contribution in [0.3, 0.4) is 0 Å². The second-order valence-corrected chi connectivity index (χ2v) is 9.05. The number of thioether (sulfide) groups is 1. The largest absolute Gasteiger partial charge is 0.493 e. The molecule has 158 valence electrons. The predicted molar refractivity (Wildman–Crippen MR) is 113 cm³/mol. The van der Waals surface area contributed by atoms with Gasteiger partial charge in [0.25, 0.3) is 0 Å². The van der Waals surface area contributed by atoms with Gasteiger partial charge in [-0.1, -0.05) is 35.0 Å². The maximum atomic E-state index is 10.8. The molecule has 1 aliphatic rings. The SMILES string of the molecule is N/C(=C\NC1C(O)C(CO)OC(Sc2ccc(Cl)c(Cl)c2)C1O)c1nc(O)cs1. The van der Waals surface area contributed by atoms with Gasteiger partial charge in [-0.3, -0.25) is 0 Å². The van der Waals surface area contributed by atoms with Crippen LogP contribution >= 0.6 is 46.3 Å². The Hall–Kier alpha value is -1.24. The first-order chi connectivity index (χ1) is 13.8. The van der Waals surface area contributed by atoms with Gasteiger partial charge >= 0.3 is 0 Å². The van der Waals surface area contributed by atoms with Crippen molar-refractivity contribution < 1.29 is 25.2 Å². The summed E-state index contributed by atoms with van der Waals surface area (Å²) < 4.78 is 5.66. The summed E-state index contributed by atoms with van der Waals surface area (Å²) in [4.78, 5) is 4.55. The Bertz CT molecular complexity index is 885. The number of nitrogens with two attached hydrogens (primary N) is 1. The van der Waals surface area contributed by atoms with Crippen LogP contribution in [0, 0.1) is 0 Å². The molecule has 2 heterocycles. The quantitative estimate of drug-likeness (QED) is 0.364. The smallest absolute Gasteiger partial charge is 0.222 e. The Labute approximate surface area is 184 Å². The molecule has 2 aromatic rings. The number of aromatic nitrogens is 1. The second-order valence-electron chi connectivity index (χ2n) is 6.20. The fraction of sp³-hybridized carbons (Fsp3) is 0.353. The van der Waals surface area contributed by atoms with Gasteiger partial charge in [0.2, 0.25) is 5.88 Å². The van der Waals surface area contributed by atoms with Crippen molar-refractivity contribution >= 4 is 52.0 Å². The maximum Gasteiger partial charge on any atom is 0.222 e. The molecule has 0 radical (unpaired) electrons. The van der Waals surface area contributed by atoms with E-state index < -0.39 is 36.4 Å². The lowest BCUT2D eigenvalue weighted by molar-refractivity contribution is -0.164. The highest BCUT2D eigenvalue weighted by molar-refractivity contribution is 7.99. The van der Waals surface area contributed by atoms with E-state index in [9.17, 15) is 20.4 Å². The van der Waals surface area contributed by atoms with Crippen molar-refractivity contribution in [2.75, 3.05) is 6.61 Å². The van der Waals surface area contributed by atoms with E-state index in [1.54, 1.807) is 18.2 Å². The Morgan fingerprint density at radius 1 is 1.31 bits per heavy atom. The van der Waals surface area contributed by atoms with Crippen molar-refractivity contribution in [3.63, 3.8) is 0 Å². The Kier molecular flexibility index (Phi) is 7.52. The molecule has 29 heavy (non-hydrogen) atoms. The lowest BCUT2D eigenvalue weighted by Gasteiger charge is -2.42. The summed E-state index contributed by atoms with van der Waals surface area (Å²) in [5, 5.41) is 45.6. The van der Waals surface area contributed by atoms with Gasteiger partial charge in [-0.2, -0.15) is 0 Å². The van der Waals surface area contributed by atoms with Crippen molar-refractivity contribution in [1.82, 2.24) is 10.3 Å². The monoisotopic (exact) mass is 479 g/mol. The average Bonchev–Trinajstić information content (AvgIpc) is 3.13. The van der Waals surface area contributed by atoms with Gasteiger partial charge in [0, 0.05) is 11.1 Å². The van der Waals surface area contributed by atoms with E-state index in [1.807, 2.05) is 0 Å². The molecule has 1 fully saturated rings. The number of thiazole rings is 1. The van der Waals surface area contributed by atoms with Crippen LogP contribution in [0.25, 0.3) is 5.70 Å². The minimum absolute atomic E-state index is 0.147. The standard InChI is InChI=1S/C17H19Cl2N3O5S2/c18-8-2-1-7(3-9(8)19)29-17-15(26)13(14(25)11(5-23)27-17)21-4-10(20)16-22-12(24)6-28-16/h1-4,6,11,13-15,17,21,23-26H,5,20H2/b10-4-. The van der Waals surface area contributed by atoms with Gasteiger partial charge in [0.1, 0.15) is 28.8 Å². The van der Waals surface area contributed by atoms with Gasteiger partial charge in [0.05, 0.1) is 33.8 Å². The summed E-state index contributed by atoms with van der Waals surface area (Å²) >= 11 is 14.3. The maximum absolute atomic E-state index is 10.8. The number of hydrogen-bond acceptors (Lipinski definition) is 10. The van der Waals surface area contributed by atoms with E-state index in [-0.39, 0.29) is 11.6 Å². The predicted octanol–water partition coefficient (Wildman–Crippen LogP) is 1.60. The number of nitrogens with zero attached hydrogens (tertiary/aromatic N) is 1. The minimum Gasteiger partial charge on any atom is -0.493 e. The Morgan fingerprint density at radius 3 is 2.69 bits per heavy atom. The first-order valence-corrected chi connectivity index (χ1v) is 10.9. The number of benzene rings is 1. The molecule has 1 saturated heterocycles. The topological polar surface area (TPSA) is 141 Å². The molecule has 0 aliphatic carbocycles. The van der Waals surface area contributed by atoms with Crippen LogP contribution in [0.15, 0.2) is 34.7 Å². The molecule has 0 spiro atoms. The molecule has 0 bridgehead atoms. The molecule has 0 amide bonds. The fourth-order valence-electron chi connectivity index (χ4n) is 2.71. The normalized spacial score (nSPS) is 27.8. The number of rotatable bonds is 6. The third-order valence-electron chi connectivity index (χ3n) is 4.20. The molecule has 1 aliphatic heterocycles. The van der Waals surface area contributed by atoms with Crippen molar-refractivity contribution in [3.8, 4) is 5.88 Å². The molecule has 0 saturated carbocycles. The fourth-order valence-corrected chi connectivity index (χ4v) is 4.79. The van der Waals surface area contributed by atoms with Crippen molar-refractivity contribution in [2.24, 2.45) is 5.73 Å². The Morgan fingerprint density at radius 2 is 2.07 bits per heavy atom. The van der Waals surface area contributed by atoms with Crippen molar-refractivity contribution in [1.29, 1.82) is 0 Å². The zero-order valence-electron chi connectivity index (χ0n) is 14.8. The molecule has 3 rings (SSSR count). The van der Waals surface area contributed by atoms with Crippen LogP contribution in [-0.2, 0) is 4.74 Å². The lowest BCUT2D eigenvalue weighted by Crippen LogP contribution is -2.62. The summed E-state index contributed by atoms with van der Waals surface area (Å²) in [6.07, 6.45) is -1.89. The highest BCUT2D eigenvalue weighted by atomic mass is 35.5. The summed E-state index contributed by atoms with van der Waals surface area (Å²) in [5.41, 5.74) is 5.35. The first kappa shape index (κ1) is 22.4. The van der Waals surface area contributed by atoms with Crippen LogP contribution in [0.1, 0.15) is 5.01 Å². The minimum atomic E-state index is -1.20. The van der Waals surface area contributed by atoms with Crippen LogP contribution in [0.4, 0.5) is 0 Å². The van der Waals surface area contributed by atoms with E-state index in [4.69, 9.17) is 33.7 Å². The average molecular weight is 480 g/mol. The van der Waals surface area contributed by atoms with Crippen molar-refractivity contribution in [2.45, 2.75) is 34.7 Å². The summed E-state index contributed by atoms with van der Waals surface area (Å²) in [7, 11) is 0. The highest BCUT2D eigenvalue weighted by Gasteiger charge is 2.44. The molecule has 5 unspecified atom stereocenters. The van der Waals surface area contributed by atoms with Crippen LogP contribution < -0.4 is 11.1 Å². The van der Waals surface area contributed by atoms with E-state index in [2.05, 4.69) is 10.3 Å². The van der Waals surface area contributed by atoms with Crippen LogP contribution in [0.5, 0.6) is 5.88 Å². The van der Waals surface area contributed by atoms with Crippen molar-refractivity contribution in [3.05, 3.63) is 44.8 Å². The Balaban J connectivity index is 1.76. The van der Waals surface area contributed by atoms with Crippen LogP contribution in [-0.4, -0.2) is 61.8 Å². The third kappa shape index (κ3) is 5.28. The number of nitrogens with one attached hydrogen (secondary N) is 1. The van der Waals surface area contributed by atoms with Crippen LogP contribution in [0.2, 0.25) is 10.0 Å². The number of aliphatic hydroxyl groups is 3. The van der Waals surface area contributed by atoms with Gasteiger partial charge < -0.3 is 36.2 Å². The van der Waals surface area contributed by atoms with Gasteiger partial charge in [-0.05, 0) is 18.2 Å². The lowest BCUT2D eigenvalue weighted by atomic mass is 9.97. The van der Waals surface area contributed by atoms with Gasteiger partial charge in [0.15, 0.2) is 0 Å². The van der Waals surface area contributed by atoms with E-state index in [1.165, 1.54) is 23.3 Å². The summed E-state index contributed by atoms with van der Waals surface area (Å²) in [6.45, 7) is -0.440. The number of halogens is 2. The molecule has 7 N–H and O–H groups in total. The van der Waals surface area contributed by atoms with E-state index in [0.717, 1.165) is 11.3 Å².